The van der Waals surface area contributed by atoms with E-state index in [0.717, 1.165) is 38.5 Å². The van der Waals surface area contributed by atoms with Gasteiger partial charge in [0, 0.05) is 18.4 Å². The molecule has 0 fully saturated rings. The number of hydrogen-bond donors (Lipinski definition) is 1. The van der Waals surface area contributed by atoms with E-state index in [4.69, 9.17) is 5.73 Å². The SMILES string of the molecule is CCCCCCCC/C=C\CCCCCCCC(=O)C(C(=O)CCCCCCC/C=C\CCCCCCCC)C(C)(C)C(C)(C)N. The van der Waals surface area contributed by atoms with Crippen LogP contribution in [-0.2, 0) is 9.59 Å². The number of unbranched alkanes of at least 4 members (excludes halogenated alkanes) is 22. The van der Waals surface area contributed by atoms with Crippen LogP contribution in [0, 0.1) is 11.3 Å². The molecule has 0 rings (SSSR count). The lowest BCUT2D eigenvalue weighted by Gasteiger charge is -2.43. The van der Waals surface area contributed by atoms with Crippen LogP contribution in [0.3, 0.4) is 0 Å². The maximum atomic E-state index is 13.5. The second kappa shape index (κ2) is 29.9. The number of rotatable bonds is 34. The Morgan fingerprint density at radius 1 is 0.457 bits per heavy atom. The predicted molar refractivity (Wildman–Crippen MR) is 204 cm³/mol. The van der Waals surface area contributed by atoms with E-state index in [1.54, 1.807) is 0 Å². The summed E-state index contributed by atoms with van der Waals surface area (Å²) >= 11 is 0. The molecule has 0 amide bonds. The number of carbonyl (C=O) groups excluding carboxylic acids is 2. The molecule has 3 nitrogen and oxygen atoms in total. The Hall–Kier alpha value is -1.22. The zero-order chi connectivity index (χ0) is 34.4. The third kappa shape index (κ3) is 24.0. The lowest BCUT2D eigenvalue weighted by Crippen LogP contribution is -2.55. The van der Waals surface area contributed by atoms with Gasteiger partial charge < -0.3 is 5.73 Å². The molecular formula is C43H81NO2. The van der Waals surface area contributed by atoms with Gasteiger partial charge in [-0.25, -0.2) is 0 Å². The Morgan fingerprint density at radius 3 is 1.00 bits per heavy atom. The molecule has 0 radical (unpaired) electrons. The Kier molecular flexibility index (Phi) is 29.1. The van der Waals surface area contributed by atoms with Gasteiger partial charge in [-0.3, -0.25) is 9.59 Å². The van der Waals surface area contributed by atoms with Gasteiger partial charge in [-0.15, -0.1) is 0 Å². The van der Waals surface area contributed by atoms with Gasteiger partial charge in [-0.2, -0.15) is 0 Å². The highest BCUT2D eigenvalue weighted by Crippen LogP contribution is 2.39. The normalized spacial score (nSPS) is 12.7. The molecule has 0 aliphatic carbocycles. The van der Waals surface area contributed by atoms with Gasteiger partial charge in [0.2, 0.25) is 0 Å². The Labute approximate surface area is 288 Å². The fourth-order valence-corrected chi connectivity index (χ4v) is 6.39. The largest absolute Gasteiger partial charge is 0.325 e. The first kappa shape index (κ1) is 44.8. The lowest BCUT2D eigenvalue weighted by atomic mass is 9.62. The molecule has 46 heavy (non-hydrogen) atoms. The first-order valence-electron chi connectivity index (χ1n) is 20.2. The number of nitrogens with two attached hydrogens (primary N) is 1. The van der Waals surface area contributed by atoms with E-state index in [0.29, 0.717) is 12.8 Å². The number of Topliss-reactive ketones (excluding diaryl/α,β-unsaturated/α-hetero) is 2. The van der Waals surface area contributed by atoms with Gasteiger partial charge in [0.1, 0.15) is 11.6 Å². The van der Waals surface area contributed by atoms with Crippen molar-refractivity contribution in [2.45, 2.75) is 227 Å². The molecule has 0 saturated carbocycles. The summed E-state index contributed by atoms with van der Waals surface area (Å²) in [5, 5.41) is 0. The Balaban J connectivity index is 4.24. The maximum absolute atomic E-state index is 13.5. The minimum absolute atomic E-state index is 0.110. The lowest BCUT2D eigenvalue weighted by molar-refractivity contribution is -0.140. The van der Waals surface area contributed by atoms with Gasteiger partial charge in [0.25, 0.3) is 0 Å². The van der Waals surface area contributed by atoms with E-state index < -0.39 is 16.9 Å². The average molecular weight is 644 g/mol. The second-order valence-electron chi connectivity index (χ2n) is 15.5. The molecule has 3 heteroatoms. The van der Waals surface area contributed by atoms with Crippen LogP contribution in [0.25, 0.3) is 0 Å². The molecule has 0 aliphatic heterocycles. The van der Waals surface area contributed by atoms with Crippen LogP contribution >= 0.6 is 0 Å². The van der Waals surface area contributed by atoms with Gasteiger partial charge >= 0.3 is 0 Å². The smallest absolute Gasteiger partial charge is 0.143 e. The molecule has 0 aromatic rings. The fourth-order valence-electron chi connectivity index (χ4n) is 6.39. The quantitative estimate of drug-likeness (QED) is 0.0431. The molecule has 0 atom stereocenters. The van der Waals surface area contributed by atoms with E-state index in [-0.39, 0.29) is 11.6 Å². The van der Waals surface area contributed by atoms with Gasteiger partial charge in [0.15, 0.2) is 0 Å². The summed E-state index contributed by atoms with van der Waals surface area (Å²) < 4.78 is 0. The van der Waals surface area contributed by atoms with Crippen LogP contribution in [0.15, 0.2) is 24.3 Å². The molecular weight excluding hydrogens is 562 g/mol. The van der Waals surface area contributed by atoms with Crippen molar-refractivity contribution in [3.63, 3.8) is 0 Å². The van der Waals surface area contributed by atoms with Crippen molar-refractivity contribution in [2.75, 3.05) is 0 Å². The summed E-state index contributed by atoms with van der Waals surface area (Å²) in [4.78, 5) is 27.0. The van der Waals surface area contributed by atoms with E-state index in [1.165, 1.54) is 128 Å². The van der Waals surface area contributed by atoms with Crippen LogP contribution in [0.1, 0.15) is 221 Å². The second-order valence-corrected chi connectivity index (χ2v) is 15.5. The third-order valence-electron chi connectivity index (χ3n) is 10.4. The van der Waals surface area contributed by atoms with Crippen molar-refractivity contribution < 1.29 is 9.59 Å². The molecule has 0 unspecified atom stereocenters. The topological polar surface area (TPSA) is 60.2 Å². The first-order chi connectivity index (χ1) is 22.1. The van der Waals surface area contributed by atoms with Crippen molar-refractivity contribution in [3.05, 3.63) is 24.3 Å². The molecule has 270 valence electrons. The van der Waals surface area contributed by atoms with E-state index in [1.807, 2.05) is 27.7 Å². The highest BCUT2D eigenvalue weighted by molar-refractivity contribution is 6.03. The van der Waals surface area contributed by atoms with E-state index in [2.05, 4.69) is 38.2 Å². The third-order valence-corrected chi connectivity index (χ3v) is 10.4. The minimum atomic E-state index is -0.603. The predicted octanol–water partition coefficient (Wildman–Crippen LogP) is 13.6. The highest BCUT2D eigenvalue weighted by Gasteiger charge is 2.47. The molecule has 0 aromatic heterocycles. The maximum Gasteiger partial charge on any atom is 0.143 e. The van der Waals surface area contributed by atoms with E-state index in [9.17, 15) is 9.59 Å². The van der Waals surface area contributed by atoms with Crippen LogP contribution in [0.4, 0.5) is 0 Å². The van der Waals surface area contributed by atoms with Crippen molar-refractivity contribution >= 4 is 11.6 Å². The summed E-state index contributed by atoms with van der Waals surface area (Å²) in [7, 11) is 0. The fraction of sp³-hybridized carbons (Fsp3) is 0.860. The average Bonchev–Trinajstić information content (AvgIpc) is 3.00. The summed E-state index contributed by atoms with van der Waals surface area (Å²) in [5.41, 5.74) is 5.38. The van der Waals surface area contributed by atoms with Gasteiger partial charge in [-0.1, -0.05) is 155 Å². The van der Waals surface area contributed by atoms with Crippen LogP contribution in [0.5, 0.6) is 0 Å². The molecule has 0 spiro atoms. The highest BCUT2D eigenvalue weighted by atomic mass is 16.2. The van der Waals surface area contributed by atoms with Crippen molar-refractivity contribution in [2.24, 2.45) is 17.1 Å². The zero-order valence-electron chi connectivity index (χ0n) is 32.1. The monoisotopic (exact) mass is 644 g/mol. The standard InChI is InChI=1S/C43H81NO2/c1-7-9-11-13-15-17-19-21-23-25-27-29-31-33-35-37-39(45)41(42(3,4)43(5,6)44)40(46)38-36-34-32-30-28-26-24-22-20-18-16-14-12-10-8-2/h21-24,41H,7-20,25-38,44H2,1-6H3/b23-21-,24-22-. The summed E-state index contributed by atoms with van der Waals surface area (Å²) in [6.07, 6.45) is 42.7. The van der Waals surface area contributed by atoms with Crippen molar-refractivity contribution in [1.29, 1.82) is 0 Å². The summed E-state index contributed by atoms with van der Waals surface area (Å²) in [5.74, 6) is -0.376. The number of ketones is 2. The first-order valence-corrected chi connectivity index (χ1v) is 20.2. The molecule has 0 bridgehead atoms. The summed E-state index contributed by atoms with van der Waals surface area (Å²) in [6, 6.07) is 0. The molecule has 2 N–H and O–H groups in total. The molecule has 0 aliphatic rings. The molecule has 0 saturated heterocycles. The molecule has 0 heterocycles. The van der Waals surface area contributed by atoms with Crippen LogP contribution in [0.2, 0.25) is 0 Å². The van der Waals surface area contributed by atoms with Crippen molar-refractivity contribution in [1.82, 2.24) is 0 Å². The van der Waals surface area contributed by atoms with E-state index >= 15 is 0 Å². The zero-order valence-corrected chi connectivity index (χ0v) is 32.1. The van der Waals surface area contributed by atoms with Gasteiger partial charge in [-0.05, 0) is 83.5 Å². The van der Waals surface area contributed by atoms with Crippen LogP contribution < -0.4 is 5.73 Å². The van der Waals surface area contributed by atoms with Gasteiger partial charge in [0.05, 0.1) is 5.92 Å². The Bertz CT molecular complexity index is 720. The Morgan fingerprint density at radius 2 is 0.717 bits per heavy atom. The minimum Gasteiger partial charge on any atom is -0.325 e. The number of hydrogen-bond acceptors (Lipinski definition) is 3. The molecule has 0 aromatic carbocycles. The van der Waals surface area contributed by atoms with Crippen LogP contribution in [-0.4, -0.2) is 17.1 Å². The number of carbonyl (C=O) groups is 2. The van der Waals surface area contributed by atoms with Crippen molar-refractivity contribution in [3.8, 4) is 0 Å². The number of allylic oxidation sites excluding steroid dienone is 4. The summed E-state index contributed by atoms with van der Waals surface area (Å²) in [6.45, 7) is 12.5.